The van der Waals surface area contributed by atoms with Crippen LogP contribution in [0.1, 0.15) is 22.3 Å². The minimum absolute atomic E-state index is 0.0456. The number of carbonyl (C=O) groups excluding carboxylic acids is 1. The van der Waals surface area contributed by atoms with Gasteiger partial charge >= 0.3 is 0 Å². The first-order chi connectivity index (χ1) is 9.69. The minimum atomic E-state index is 0.0456. The molecular formula is C16H14Cl2O2. The zero-order valence-corrected chi connectivity index (χ0v) is 12.3. The molecule has 0 aliphatic carbocycles. The smallest absolute Gasteiger partial charge is 0.164 e. The van der Waals surface area contributed by atoms with E-state index in [4.69, 9.17) is 27.9 Å². The number of hydrogen-bond donors (Lipinski definition) is 0. The average Bonchev–Trinajstić information content (AvgIpc) is 2.47. The van der Waals surface area contributed by atoms with Crippen LogP contribution < -0.4 is 4.74 Å². The van der Waals surface area contributed by atoms with Gasteiger partial charge in [0.2, 0.25) is 0 Å². The molecule has 0 heterocycles. The summed E-state index contributed by atoms with van der Waals surface area (Å²) in [5, 5.41) is 0.705. The number of rotatable bonds is 6. The van der Waals surface area contributed by atoms with Crippen LogP contribution in [0.3, 0.4) is 0 Å². The van der Waals surface area contributed by atoms with Crippen LogP contribution in [0, 0.1) is 0 Å². The molecule has 0 aliphatic rings. The van der Waals surface area contributed by atoms with E-state index in [1.165, 1.54) is 0 Å². The molecule has 0 amide bonds. The van der Waals surface area contributed by atoms with E-state index in [1.807, 2.05) is 24.3 Å². The molecule has 0 radical (unpaired) electrons. The fraction of sp³-hybridized carbons (Fsp3) is 0.188. The molecule has 0 atom stereocenters. The Balaban J connectivity index is 1.93. The van der Waals surface area contributed by atoms with Gasteiger partial charge in [-0.25, -0.2) is 0 Å². The van der Waals surface area contributed by atoms with Crippen molar-refractivity contribution < 1.29 is 9.53 Å². The lowest BCUT2D eigenvalue weighted by Gasteiger charge is -2.07. The molecule has 0 bridgehead atoms. The predicted octanol–water partition coefficient (Wildman–Crippen LogP) is 4.73. The number of hydrogen-bond acceptors (Lipinski definition) is 2. The molecule has 0 fully saturated rings. The maximum absolute atomic E-state index is 11.6. The molecule has 0 N–H and O–H groups in total. The van der Waals surface area contributed by atoms with E-state index >= 15 is 0 Å². The van der Waals surface area contributed by atoms with Crippen molar-refractivity contribution in [2.24, 2.45) is 0 Å². The van der Waals surface area contributed by atoms with Crippen LogP contribution >= 0.6 is 23.2 Å². The van der Waals surface area contributed by atoms with Crippen LogP contribution in [0.15, 0.2) is 48.5 Å². The molecule has 2 aromatic carbocycles. The third-order valence-electron chi connectivity index (χ3n) is 2.82. The minimum Gasteiger partial charge on any atom is -0.489 e. The van der Waals surface area contributed by atoms with E-state index in [9.17, 15) is 4.79 Å². The van der Waals surface area contributed by atoms with Crippen molar-refractivity contribution in [2.45, 2.75) is 13.0 Å². The normalized spacial score (nSPS) is 10.3. The number of alkyl halides is 1. The Morgan fingerprint density at radius 2 is 1.65 bits per heavy atom. The maximum atomic E-state index is 11.6. The fourth-order valence-electron chi connectivity index (χ4n) is 1.71. The standard InChI is InChI=1S/C16H14Cl2O2/c17-10-9-16(19)13-3-7-15(8-4-13)20-11-12-1-5-14(18)6-2-12/h1-8H,9-11H2. The Hall–Kier alpha value is -1.51. The Bertz CT molecular complexity index is 562. The summed E-state index contributed by atoms with van der Waals surface area (Å²) in [6.07, 6.45) is 0.354. The van der Waals surface area contributed by atoms with Gasteiger partial charge in [-0.15, -0.1) is 11.6 Å². The molecule has 2 rings (SSSR count). The summed E-state index contributed by atoms with van der Waals surface area (Å²) in [4.78, 5) is 11.6. The quantitative estimate of drug-likeness (QED) is 0.569. The van der Waals surface area contributed by atoms with Crippen molar-refractivity contribution in [1.82, 2.24) is 0 Å². The van der Waals surface area contributed by atoms with Gasteiger partial charge in [0.1, 0.15) is 12.4 Å². The SMILES string of the molecule is O=C(CCCl)c1ccc(OCc2ccc(Cl)cc2)cc1. The van der Waals surface area contributed by atoms with E-state index in [0.717, 1.165) is 11.3 Å². The molecule has 0 aliphatic heterocycles. The molecule has 0 saturated heterocycles. The van der Waals surface area contributed by atoms with Gasteiger partial charge in [0.15, 0.2) is 5.78 Å². The molecule has 20 heavy (non-hydrogen) atoms. The van der Waals surface area contributed by atoms with Crippen molar-refractivity contribution in [1.29, 1.82) is 0 Å². The lowest BCUT2D eigenvalue weighted by molar-refractivity contribution is 0.0989. The molecule has 0 spiro atoms. The largest absolute Gasteiger partial charge is 0.489 e. The van der Waals surface area contributed by atoms with Crippen molar-refractivity contribution in [2.75, 3.05) is 5.88 Å². The average molecular weight is 309 g/mol. The zero-order chi connectivity index (χ0) is 14.4. The molecule has 2 nitrogen and oxygen atoms in total. The monoisotopic (exact) mass is 308 g/mol. The van der Waals surface area contributed by atoms with E-state index in [2.05, 4.69) is 0 Å². The topological polar surface area (TPSA) is 26.3 Å². The van der Waals surface area contributed by atoms with Crippen molar-refractivity contribution >= 4 is 29.0 Å². The molecule has 0 unspecified atom stereocenters. The zero-order valence-electron chi connectivity index (χ0n) is 10.8. The number of carbonyl (C=O) groups is 1. The van der Waals surface area contributed by atoms with Gasteiger partial charge < -0.3 is 4.74 Å². The number of ether oxygens (including phenoxy) is 1. The van der Waals surface area contributed by atoms with Crippen molar-refractivity contribution in [3.8, 4) is 5.75 Å². The predicted molar refractivity (Wildman–Crippen MR) is 81.9 cm³/mol. The molecule has 0 saturated carbocycles. The van der Waals surface area contributed by atoms with Gasteiger partial charge in [0.05, 0.1) is 0 Å². The van der Waals surface area contributed by atoms with Gasteiger partial charge in [-0.1, -0.05) is 23.7 Å². The highest BCUT2D eigenvalue weighted by molar-refractivity contribution is 6.30. The summed E-state index contributed by atoms with van der Waals surface area (Å²) in [6.45, 7) is 0.464. The van der Waals surface area contributed by atoms with Crippen LogP contribution in [0.4, 0.5) is 0 Å². The highest BCUT2D eigenvalue weighted by Crippen LogP contribution is 2.16. The molecule has 4 heteroatoms. The van der Waals surface area contributed by atoms with E-state index in [-0.39, 0.29) is 5.78 Å². The van der Waals surface area contributed by atoms with Crippen LogP contribution in [0.25, 0.3) is 0 Å². The Morgan fingerprint density at radius 3 is 2.25 bits per heavy atom. The molecule has 104 valence electrons. The highest BCUT2D eigenvalue weighted by atomic mass is 35.5. The van der Waals surface area contributed by atoms with Gasteiger partial charge in [0.25, 0.3) is 0 Å². The van der Waals surface area contributed by atoms with E-state index in [0.29, 0.717) is 29.5 Å². The molecule has 0 aromatic heterocycles. The van der Waals surface area contributed by atoms with Gasteiger partial charge in [-0.2, -0.15) is 0 Å². The highest BCUT2D eigenvalue weighted by Gasteiger charge is 2.05. The fourth-order valence-corrected chi connectivity index (χ4v) is 2.01. The van der Waals surface area contributed by atoms with E-state index < -0.39 is 0 Å². The summed E-state index contributed by atoms with van der Waals surface area (Å²) >= 11 is 11.4. The van der Waals surface area contributed by atoms with Crippen molar-refractivity contribution in [3.63, 3.8) is 0 Å². The lowest BCUT2D eigenvalue weighted by atomic mass is 10.1. The molecule has 2 aromatic rings. The first-order valence-electron chi connectivity index (χ1n) is 6.25. The third kappa shape index (κ3) is 4.26. The van der Waals surface area contributed by atoms with E-state index in [1.54, 1.807) is 24.3 Å². The number of ketones is 1. The maximum Gasteiger partial charge on any atom is 0.164 e. The van der Waals surface area contributed by atoms with Crippen LogP contribution in [0.5, 0.6) is 5.75 Å². The third-order valence-corrected chi connectivity index (χ3v) is 3.26. The van der Waals surface area contributed by atoms with Crippen LogP contribution in [-0.4, -0.2) is 11.7 Å². The summed E-state index contributed by atoms with van der Waals surface area (Å²) in [5.74, 6) is 1.11. The first-order valence-corrected chi connectivity index (χ1v) is 7.17. The van der Waals surface area contributed by atoms with Crippen molar-refractivity contribution in [3.05, 3.63) is 64.7 Å². The Labute approximate surface area is 128 Å². The number of Topliss-reactive ketones (excluding diaryl/α,β-unsaturated/α-hetero) is 1. The van der Waals surface area contributed by atoms with Gasteiger partial charge in [-0.3, -0.25) is 4.79 Å². The van der Waals surface area contributed by atoms with Crippen LogP contribution in [0.2, 0.25) is 5.02 Å². The van der Waals surface area contributed by atoms with Gasteiger partial charge in [0, 0.05) is 22.9 Å². The number of halogens is 2. The van der Waals surface area contributed by atoms with Crippen LogP contribution in [-0.2, 0) is 6.61 Å². The second-order valence-corrected chi connectivity index (χ2v) is 5.12. The Kier molecular flexibility index (Phi) is 5.45. The summed E-state index contributed by atoms with van der Waals surface area (Å²) < 4.78 is 5.65. The second-order valence-electron chi connectivity index (χ2n) is 4.30. The summed E-state index contributed by atoms with van der Waals surface area (Å²) in [7, 11) is 0. The second kappa shape index (κ2) is 7.32. The first kappa shape index (κ1) is 14.9. The summed E-state index contributed by atoms with van der Waals surface area (Å²) in [6, 6.07) is 14.6. The lowest BCUT2D eigenvalue weighted by Crippen LogP contribution is -2.00. The molecular weight excluding hydrogens is 295 g/mol. The summed E-state index contributed by atoms with van der Waals surface area (Å²) in [5.41, 5.74) is 1.70. The van der Waals surface area contributed by atoms with Gasteiger partial charge in [-0.05, 0) is 42.0 Å². The Morgan fingerprint density at radius 1 is 1.00 bits per heavy atom. The number of benzene rings is 2.